The molecule has 0 unspecified atom stereocenters. The van der Waals surface area contributed by atoms with E-state index in [9.17, 15) is 9.59 Å². The molecule has 0 bridgehead atoms. The largest absolute Gasteiger partial charge is 0.452 e. The number of rotatable bonds is 5. The maximum absolute atomic E-state index is 12.0. The summed E-state index contributed by atoms with van der Waals surface area (Å²) >= 11 is 10.8. The van der Waals surface area contributed by atoms with Crippen molar-refractivity contribution < 1.29 is 14.3 Å². The Bertz CT molecular complexity index is 739. The highest BCUT2D eigenvalue weighted by atomic mass is 79.9. The van der Waals surface area contributed by atoms with E-state index in [1.54, 1.807) is 36.0 Å². The number of hydrogen-bond acceptors (Lipinski definition) is 4. The molecule has 0 saturated carbocycles. The van der Waals surface area contributed by atoms with Crippen LogP contribution in [0.25, 0.3) is 0 Å². The van der Waals surface area contributed by atoms with Crippen LogP contribution >= 0.6 is 39.3 Å². The third-order valence-electron chi connectivity index (χ3n) is 2.84. The number of thioether (sulfide) groups is 1. The van der Waals surface area contributed by atoms with Crippen molar-refractivity contribution in [2.75, 3.05) is 18.2 Å². The maximum atomic E-state index is 12.0. The van der Waals surface area contributed by atoms with Crippen LogP contribution in [0.15, 0.2) is 51.8 Å². The monoisotopic (exact) mass is 413 g/mol. The minimum absolute atomic E-state index is 0.207. The van der Waals surface area contributed by atoms with Crippen LogP contribution in [0.1, 0.15) is 10.4 Å². The minimum Gasteiger partial charge on any atom is -0.452 e. The summed E-state index contributed by atoms with van der Waals surface area (Å²) in [6.45, 7) is -0.384. The number of benzene rings is 2. The number of esters is 1. The lowest BCUT2D eigenvalue weighted by Gasteiger charge is -2.08. The van der Waals surface area contributed by atoms with Gasteiger partial charge in [-0.05, 0) is 42.7 Å². The van der Waals surface area contributed by atoms with E-state index in [4.69, 9.17) is 16.3 Å². The summed E-state index contributed by atoms with van der Waals surface area (Å²) in [5.74, 6) is -1.06. The lowest BCUT2D eigenvalue weighted by molar-refractivity contribution is -0.119. The highest BCUT2D eigenvalue weighted by molar-refractivity contribution is 9.10. The third kappa shape index (κ3) is 5.27. The molecular weight excluding hydrogens is 402 g/mol. The molecular formula is C16H13BrClNO3S. The van der Waals surface area contributed by atoms with Crippen molar-refractivity contribution in [3.05, 3.63) is 57.5 Å². The molecule has 0 atom stereocenters. The van der Waals surface area contributed by atoms with Gasteiger partial charge < -0.3 is 10.1 Å². The van der Waals surface area contributed by atoms with Gasteiger partial charge in [0.15, 0.2) is 6.61 Å². The van der Waals surface area contributed by atoms with Crippen molar-refractivity contribution in [2.45, 2.75) is 4.90 Å². The third-order valence-corrected chi connectivity index (χ3v) is 4.38. The topological polar surface area (TPSA) is 55.4 Å². The van der Waals surface area contributed by atoms with Gasteiger partial charge in [0.1, 0.15) is 0 Å². The number of nitrogens with one attached hydrogen (secondary N) is 1. The van der Waals surface area contributed by atoms with Crippen LogP contribution in [0, 0.1) is 0 Å². The average Bonchev–Trinajstić information content (AvgIpc) is 2.55. The second-order valence-electron chi connectivity index (χ2n) is 4.48. The number of amides is 1. The zero-order valence-electron chi connectivity index (χ0n) is 12.1. The Morgan fingerprint density at radius 2 is 2.04 bits per heavy atom. The van der Waals surface area contributed by atoms with Crippen LogP contribution in [-0.4, -0.2) is 24.7 Å². The van der Waals surface area contributed by atoms with E-state index in [-0.39, 0.29) is 17.2 Å². The maximum Gasteiger partial charge on any atom is 0.340 e. The fourth-order valence-electron chi connectivity index (χ4n) is 1.76. The Hall–Kier alpha value is -1.50. The van der Waals surface area contributed by atoms with E-state index in [2.05, 4.69) is 21.2 Å². The van der Waals surface area contributed by atoms with E-state index in [0.29, 0.717) is 10.2 Å². The first-order valence-electron chi connectivity index (χ1n) is 6.55. The minimum atomic E-state index is -0.649. The fraction of sp³-hybridized carbons (Fsp3) is 0.125. The summed E-state index contributed by atoms with van der Waals surface area (Å²) < 4.78 is 5.69. The van der Waals surface area contributed by atoms with Crippen LogP contribution in [0.3, 0.4) is 0 Å². The summed E-state index contributed by atoms with van der Waals surface area (Å²) in [4.78, 5) is 24.9. The molecule has 1 N–H and O–H groups in total. The van der Waals surface area contributed by atoms with Gasteiger partial charge in [-0.25, -0.2) is 4.79 Å². The quantitative estimate of drug-likeness (QED) is 0.573. The van der Waals surface area contributed by atoms with Gasteiger partial charge in [-0.15, -0.1) is 11.8 Å². The zero-order chi connectivity index (χ0) is 16.8. The summed E-state index contributed by atoms with van der Waals surface area (Å²) in [6.07, 6.45) is 1.95. The molecule has 0 heterocycles. The van der Waals surface area contributed by atoms with Crippen molar-refractivity contribution >= 4 is 56.9 Å². The van der Waals surface area contributed by atoms with Gasteiger partial charge >= 0.3 is 5.97 Å². The molecule has 0 radical (unpaired) electrons. The summed E-state index contributed by atoms with van der Waals surface area (Å²) in [5, 5.41) is 2.95. The molecule has 23 heavy (non-hydrogen) atoms. The van der Waals surface area contributed by atoms with Gasteiger partial charge in [0, 0.05) is 15.1 Å². The van der Waals surface area contributed by atoms with Crippen molar-refractivity contribution in [1.82, 2.24) is 0 Å². The first-order valence-corrected chi connectivity index (χ1v) is 8.95. The Morgan fingerprint density at radius 1 is 1.26 bits per heavy atom. The molecule has 0 fully saturated rings. The average molecular weight is 415 g/mol. The summed E-state index contributed by atoms with van der Waals surface area (Å²) in [5.41, 5.74) is 0.858. The summed E-state index contributed by atoms with van der Waals surface area (Å²) in [7, 11) is 0. The van der Waals surface area contributed by atoms with E-state index in [1.807, 2.05) is 24.5 Å². The van der Waals surface area contributed by atoms with Crippen molar-refractivity contribution in [3.8, 4) is 0 Å². The van der Waals surface area contributed by atoms with Crippen LogP contribution in [0.4, 0.5) is 5.69 Å². The highest BCUT2D eigenvalue weighted by Crippen LogP contribution is 2.22. The number of carbonyl (C=O) groups excluding carboxylic acids is 2. The highest BCUT2D eigenvalue weighted by Gasteiger charge is 2.14. The van der Waals surface area contributed by atoms with E-state index >= 15 is 0 Å². The molecule has 4 nitrogen and oxygen atoms in total. The predicted molar refractivity (Wildman–Crippen MR) is 96.3 cm³/mol. The SMILES string of the molecule is CSc1cccc(NC(=O)COC(=O)c2cc(Br)ccc2Cl)c1. The Morgan fingerprint density at radius 3 is 2.78 bits per heavy atom. The van der Waals surface area contributed by atoms with Crippen LogP contribution in [0.2, 0.25) is 5.02 Å². The fourth-order valence-corrected chi connectivity index (χ4v) is 2.78. The normalized spacial score (nSPS) is 10.2. The Balaban J connectivity index is 1.93. The van der Waals surface area contributed by atoms with Gasteiger partial charge in [-0.2, -0.15) is 0 Å². The number of ether oxygens (including phenoxy) is 1. The molecule has 0 aliphatic carbocycles. The number of carbonyl (C=O) groups is 2. The van der Waals surface area contributed by atoms with Gasteiger partial charge in [-0.1, -0.05) is 33.6 Å². The van der Waals surface area contributed by atoms with Crippen molar-refractivity contribution in [3.63, 3.8) is 0 Å². The molecule has 0 aliphatic rings. The first-order chi connectivity index (χ1) is 11.0. The van der Waals surface area contributed by atoms with E-state index in [1.165, 1.54) is 0 Å². The smallest absolute Gasteiger partial charge is 0.340 e. The summed E-state index contributed by atoms with van der Waals surface area (Å²) in [6, 6.07) is 12.2. The number of anilines is 1. The van der Waals surface area contributed by atoms with Gasteiger partial charge in [0.2, 0.25) is 0 Å². The van der Waals surface area contributed by atoms with Crippen LogP contribution < -0.4 is 5.32 Å². The van der Waals surface area contributed by atoms with Crippen molar-refractivity contribution in [1.29, 1.82) is 0 Å². The standard InChI is InChI=1S/C16H13BrClNO3S/c1-23-12-4-2-3-11(8-12)19-15(20)9-22-16(21)13-7-10(17)5-6-14(13)18/h2-8H,9H2,1H3,(H,19,20). The second kappa shape index (κ2) is 8.38. The zero-order valence-corrected chi connectivity index (χ0v) is 15.3. The lowest BCUT2D eigenvalue weighted by atomic mass is 10.2. The molecule has 2 rings (SSSR count). The first kappa shape index (κ1) is 17.8. The lowest BCUT2D eigenvalue weighted by Crippen LogP contribution is -2.21. The molecule has 2 aromatic rings. The Labute approximate surface area is 151 Å². The molecule has 0 aromatic heterocycles. The van der Waals surface area contributed by atoms with Gasteiger partial charge in [0.25, 0.3) is 5.91 Å². The molecule has 1 amide bonds. The van der Waals surface area contributed by atoms with E-state index < -0.39 is 11.9 Å². The molecule has 0 spiro atoms. The van der Waals surface area contributed by atoms with Crippen molar-refractivity contribution in [2.24, 2.45) is 0 Å². The molecule has 2 aromatic carbocycles. The molecule has 0 saturated heterocycles. The number of hydrogen-bond donors (Lipinski definition) is 1. The molecule has 7 heteroatoms. The Kier molecular flexibility index (Phi) is 6.50. The predicted octanol–water partition coefficient (Wildman–Crippen LogP) is 4.62. The number of halogens is 2. The van der Waals surface area contributed by atoms with Gasteiger partial charge in [-0.3, -0.25) is 4.79 Å². The van der Waals surface area contributed by atoms with Crippen LogP contribution in [-0.2, 0) is 9.53 Å². The second-order valence-corrected chi connectivity index (χ2v) is 6.68. The molecule has 120 valence electrons. The molecule has 0 aliphatic heterocycles. The van der Waals surface area contributed by atoms with Crippen LogP contribution in [0.5, 0.6) is 0 Å². The van der Waals surface area contributed by atoms with Gasteiger partial charge in [0.05, 0.1) is 10.6 Å². The van der Waals surface area contributed by atoms with E-state index in [0.717, 1.165) is 4.90 Å².